The van der Waals surface area contributed by atoms with Crippen molar-refractivity contribution in [2.24, 2.45) is 5.92 Å². The maximum Gasteiger partial charge on any atom is 0.339 e. The van der Waals surface area contributed by atoms with Gasteiger partial charge in [-0.3, -0.25) is 20.2 Å². The van der Waals surface area contributed by atoms with Crippen LogP contribution in [0.4, 0.5) is 11.4 Å². The van der Waals surface area contributed by atoms with Gasteiger partial charge in [0.05, 0.1) is 21.5 Å². The number of ether oxygens (including phenoxy) is 2. The molecule has 1 aliphatic rings. The van der Waals surface area contributed by atoms with E-state index in [1.807, 2.05) is 31.2 Å². The van der Waals surface area contributed by atoms with Crippen LogP contribution in [-0.2, 0) is 4.74 Å². The largest absolute Gasteiger partial charge is 0.487 e. The Hall–Kier alpha value is -3.49. The number of benzene rings is 2. The molecule has 0 heterocycles. The number of hydrogen-bond acceptors (Lipinski definition) is 7. The number of esters is 1. The van der Waals surface area contributed by atoms with E-state index in [0.717, 1.165) is 30.2 Å². The Morgan fingerprint density at radius 2 is 1.57 bits per heavy atom. The van der Waals surface area contributed by atoms with Gasteiger partial charge in [-0.25, -0.2) is 4.79 Å². The Morgan fingerprint density at radius 1 is 0.967 bits per heavy atom. The fourth-order valence-corrected chi connectivity index (χ4v) is 3.48. The molecule has 2 aromatic carbocycles. The summed E-state index contributed by atoms with van der Waals surface area (Å²) in [4.78, 5) is 33.2. The average molecular weight is 414 g/mol. The lowest BCUT2D eigenvalue weighted by atomic mass is 9.86. The maximum atomic E-state index is 12.7. The molecule has 9 heteroatoms. The summed E-state index contributed by atoms with van der Waals surface area (Å²) in [6.07, 6.45) is 1.14. The number of non-ortho nitro benzene ring substituents is 2. The van der Waals surface area contributed by atoms with Gasteiger partial charge in [0.2, 0.25) is 0 Å². The summed E-state index contributed by atoms with van der Waals surface area (Å²) < 4.78 is 11.7. The quantitative estimate of drug-likeness (QED) is 0.384. The highest BCUT2D eigenvalue weighted by Gasteiger charge is 2.34. The monoisotopic (exact) mass is 414 g/mol. The van der Waals surface area contributed by atoms with Crippen molar-refractivity contribution in [1.29, 1.82) is 0 Å². The molecular weight excluding hydrogens is 392 g/mol. The van der Waals surface area contributed by atoms with E-state index in [1.165, 1.54) is 0 Å². The lowest BCUT2D eigenvalue weighted by Gasteiger charge is -2.34. The molecule has 1 aliphatic carbocycles. The van der Waals surface area contributed by atoms with E-state index < -0.39 is 33.3 Å². The second-order valence-electron chi connectivity index (χ2n) is 7.58. The zero-order chi connectivity index (χ0) is 21.8. The first-order valence-electron chi connectivity index (χ1n) is 9.61. The lowest BCUT2D eigenvalue weighted by molar-refractivity contribution is -0.394. The van der Waals surface area contributed by atoms with Gasteiger partial charge >= 0.3 is 5.97 Å². The normalized spacial score (nSPS) is 20.9. The van der Waals surface area contributed by atoms with Crippen molar-refractivity contribution in [2.45, 2.75) is 45.3 Å². The van der Waals surface area contributed by atoms with Crippen LogP contribution in [-0.4, -0.2) is 28.0 Å². The summed E-state index contributed by atoms with van der Waals surface area (Å²) in [7, 11) is 0. The highest BCUT2D eigenvalue weighted by atomic mass is 16.6. The maximum absolute atomic E-state index is 12.7. The van der Waals surface area contributed by atoms with Gasteiger partial charge in [-0.1, -0.05) is 24.6 Å². The van der Waals surface area contributed by atoms with Crippen molar-refractivity contribution in [3.05, 3.63) is 73.8 Å². The van der Waals surface area contributed by atoms with Gasteiger partial charge in [0.25, 0.3) is 11.4 Å². The summed E-state index contributed by atoms with van der Waals surface area (Å²) in [6, 6.07) is 10.3. The Kier molecular flexibility index (Phi) is 6.29. The Balaban J connectivity index is 1.80. The van der Waals surface area contributed by atoms with Crippen LogP contribution in [0.3, 0.4) is 0 Å². The second kappa shape index (κ2) is 8.89. The molecule has 0 aromatic heterocycles. The molecule has 0 radical (unpaired) electrons. The first kappa shape index (κ1) is 21.2. The van der Waals surface area contributed by atoms with E-state index in [0.29, 0.717) is 24.5 Å². The topological polar surface area (TPSA) is 122 Å². The van der Waals surface area contributed by atoms with Crippen LogP contribution in [0.15, 0.2) is 42.5 Å². The molecular formula is C21H22N2O7. The van der Waals surface area contributed by atoms with E-state index in [1.54, 1.807) is 0 Å². The second-order valence-corrected chi connectivity index (χ2v) is 7.58. The minimum Gasteiger partial charge on any atom is -0.487 e. The van der Waals surface area contributed by atoms with E-state index in [4.69, 9.17) is 9.47 Å². The predicted octanol–water partition coefficient (Wildman–Crippen LogP) is 4.60. The van der Waals surface area contributed by atoms with Crippen molar-refractivity contribution in [1.82, 2.24) is 0 Å². The summed E-state index contributed by atoms with van der Waals surface area (Å²) in [5.74, 6) is 0.194. The molecule has 0 unspecified atom stereocenters. The SMILES string of the molecule is Cc1ccc(O[C@H]2C[C@H](C)CC[C@@H]2OC(=O)c2cc([N+](=O)[O-])cc([N+](=O)[O-])c2)cc1. The third-order valence-electron chi connectivity index (χ3n) is 5.12. The molecule has 158 valence electrons. The average Bonchev–Trinajstić information content (AvgIpc) is 2.71. The highest BCUT2D eigenvalue weighted by Crippen LogP contribution is 2.31. The van der Waals surface area contributed by atoms with Crippen molar-refractivity contribution in [3.8, 4) is 5.75 Å². The molecule has 0 N–H and O–H groups in total. The van der Waals surface area contributed by atoms with Crippen LogP contribution >= 0.6 is 0 Å². The van der Waals surface area contributed by atoms with E-state index in [2.05, 4.69) is 6.92 Å². The van der Waals surface area contributed by atoms with Crippen LogP contribution < -0.4 is 4.74 Å². The van der Waals surface area contributed by atoms with Crippen LogP contribution in [0.2, 0.25) is 0 Å². The number of hydrogen-bond donors (Lipinski definition) is 0. The number of carbonyl (C=O) groups excluding carboxylic acids is 1. The van der Waals surface area contributed by atoms with Gasteiger partial charge < -0.3 is 9.47 Å². The number of aryl methyl sites for hydroxylation is 1. The molecule has 3 atom stereocenters. The van der Waals surface area contributed by atoms with Crippen molar-refractivity contribution >= 4 is 17.3 Å². The number of nitro benzene ring substituents is 2. The standard InChI is InChI=1S/C21H22N2O7/c1-13-3-6-18(7-4-13)29-20-9-14(2)5-8-19(20)30-21(24)15-10-16(22(25)26)12-17(11-15)23(27)28/h3-4,6-7,10-12,14,19-20H,5,8-9H2,1-2H3/t14-,19+,20+/m1/s1. The Labute approximate surface area is 172 Å². The highest BCUT2D eigenvalue weighted by molar-refractivity contribution is 5.91. The Morgan fingerprint density at radius 3 is 2.13 bits per heavy atom. The smallest absolute Gasteiger partial charge is 0.339 e. The third-order valence-corrected chi connectivity index (χ3v) is 5.12. The molecule has 1 saturated carbocycles. The first-order valence-corrected chi connectivity index (χ1v) is 9.61. The molecule has 1 fully saturated rings. The van der Waals surface area contributed by atoms with Gasteiger partial charge in [-0.2, -0.15) is 0 Å². The fraction of sp³-hybridized carbons (Fsp3) is 0.381. The van der Waals surface area contributed by atoms with Crippen LogP contribution in [0, 0.1) is 33.1 Å². The third kappa shape index (κ3) is 5.11. The minimum atomic E-state index is -0.848. The Bertz CT molecular complexity index is 926. The van der Waals surface area contributed by atoms with E-state index in [-0.39, 0.29) is 11.7 Å². The molecule has 3 rings (SSSR count). The van der Waals surface area contributed by atoms with Gasteiger partial charge in [-0.05, 0) is 44.2 Å². The number of carbonyl (C=O) groups is 1. The van der Waals surface area contributed by atoms with E-state index >= 15 is 0 Å². The lowest BCUT2D eigenvalue weighted by Crippen LogP contribution is -2.40. The summed E-state index contributed by atoms with van der Waals surface area (Å²) in [5, 5.41) is 22.1. The molecule has 0 aliphatic heterocycles. The molecule has 0 saturated heterocycles. The predicted molar refractivity (Wildman–Crippen MR) is 108 cm³/mol. The van der Waals surface area contributed by atoms with Crippen LogP contribution in [0.25, 0.3) is 0 Å². The van der Waals surface area contributed by atoms with Gasteiger partial charge in [0.15, 0.2) is 0 Å². The fourth-order valence-electron chi connectivity index (χ4n) is 3.48. The molecule has 9 nitrogen and oxygen atoms in total. The molecule has 0 amide bonds. The minimum absolute atomic E-state index is 0.233. The summed E-state index contributed by atoms with van der Waals surface area (Å²) in [5.41, 5.74) is -0.222. The number of rotatable bonds is 6. The summed E-state index contributed by atoms with van der Waals surface area (Å²) >= 11 is 0. The zero-order valence-corrected chi connectivity index (χ0v) is 16.6. The number of nitro groups is 2. The van der Waals surface area contributed by atoms with E-state index in [9.17, 15) is 25.0 Å². The van der Waals surface area contributed by atoms with Gasteiger partial charge in [0, 0.05) is 12.1 Å². The molecule has 0 spiro atoms. The van der Waals surface area contributed by atoms with Crippen LogP contribution in [0.5, 0.6) is 5.75 Å². The van der Waals surface area contributed by atoms with Gasteiger partial charge in [0.1, 0.15) is 18.0 Å². The molecule has 2 aromatic rings. The first-order chi connectivity index (χ1) is 14.2. The van der Waals surface area contributed by atoms with Crippen molar-refractivity contribution in [2.75, 3.05) is 0 Å². The van der Waals surface area contributed by atoms with Crippen LogP contribution in [0.1, 0.15) is 42.1 Å². The summed E-state index contributed by atoms with van der Waals surface area (Å²) in [6.45, 7) is 4.06. The van der Waals surface area contributed by atoms with Crippen molar-refractivity contribution in [3.63, 3.8) is 0 Å². The number of nitrogens with zero attached hydrogens (tertiary/aromatic N) is 2. The zero-order valence-electron chi connectivity index (χ0n) is 16.6. The molecule has 0 bridgehead atoms. The molecule has 30 heavy (non-hydrogen) atoms. The van der Waals surface area contributed by atoms with Crippen molar-refractivity contribution < 1.29 is 24.1 Å². The van der Waals surface area contributed by atoms with Gasteiger partial charge in [-0.15, -0.1) is 0 Å².